The van der Waals surface area contributed by atoms with Crippen molar-refractivity contribution in [1.82, 2.24) is 9.36 Å². The van der Waals surface area contributed by atoms with Gasteiger partial charge in [0.2, 0.25) is 11.0 Å². The van der Waals surface area contributed by atoms with Crippen LogP contribution in [0.2, 0.25) is 0 Å². The highest BCUT2D eigenvalue weighted by atomic mass is 32.1. The number of nitro groups is 1. The summed E-state index contributed by atoms with van der Waals surface area (Å²) < 4.78 is 8.80. The number of rotatable bonds is 3. The lowest BCUT2D eigenvalue weighted by Crippen LogP contribution is -2.05. The van der Waals surface area contributed by atoms with Gasteiger partial charge in [0, 0.05) is 11.5 Å². The van der Waals surface area contributed by atoms with Gasteiger partial charge in [-0.05, 0) is 6.07 Å². The topological polar surface area (TPSA) is 120 Å². The molecule has 0 aromatic carbocycles. The summed E-state index contributed by atoms with van der Waals surface area (Å²) >= 11 is 1.03. The highest BCUT2D eigenvalue weighted by Gasteiger charge is 2.16. The number of nitrogen functional groups attached to an aromatic ring is 1. The van der Waals surface area contributed by atoms with Gasteiger partial charge in [-0.2, -0.15) is 9.36 Å². The van der Waals surface area contributed by atoms with Crippen LogP contribution in [0.1, 0.15) is 0 Å². The monoisotopic (exact) mass is 227 g/mol. The SMILES string of the molecule is NNc1nc(-c2ccc([N+](=O)[O-])o2)ns1. The number of hydrogen-bond donors (Lipinski definition) is 2. The Morgan fingerprint density at radius 1 is 1.60 bits per heavy atom. The molecule has 9 heteroatoms. The minimum Gasteiger partial charge on any atom is -0.397 e. The van der Waals surface area contributed by atoms with Crippen molar-refractivity contribution in [3.05, 3.63) is 22.2 Å². The van der Waals surface area contributed by atoms with Gasteiger partial charge in [0.1, 0.15) is 4.92 Å². The number of furan rings is 1. The zero-order valence-electron chi connectivity index (χ0n) is 7.21. The van der Waals surface area contributed by atoms with E-state index in [9.17, 15) is 10.1 Å². The quantitative estimate of drug-likeness (QED) is 0.455. The van der Waals surface area contributed by atoms with Gasteiger partial charge in [-0.1, -0.05) is 0 Å². The summed E-state index contributed by atoms with van der Waals surface area (Å²) in [6.07, 6.45) is 0. The zero-order chi connectivity index (χ0) is 10.8. The van der Waals surface area contributed by atoms with Gasteiger partial charge < -0.3 is 4.42 Å². The van der Waals surface area contributed by atoms with Crippen LogP contribution >= 0.6 is 11.5 Å². The second-order valence-electron chi connectivity index (χ2n) is 2.46. The zero-order valence-corrected chi connectivity index (χ0v) is 8.02. The van der Waals surface area contributed by atoms with Crippen LogP contribution in [-0.4, -0.2) is 14.3 Å². The molecule has 2 aromatic rings. The molecule has 3 N–H and O–H groups in total. The maximum absolute atomic E-state index is 10.3. The van der Waals surface area contributed by atoms with Crippen LogP contribution in [0, 0.1) is 10.1 Å². The maximum atomic E-state index is 10.3. The van der Waals surface area contributed by atoms with Crippen molar-refractivity contribution in [2.75, 3.05) is 5.43 Å². The van der Waals surface area contributed by atoms with Gasteiger partial charge >= 0.3 is 5.88 Å². The van der Waals surface area contributed by atoms with Crippen LogP contribution in [0.4, 0.5) is 11.0 Å². The number of hydrogen-bond acceptors (Lipinski definition) is 8. The number of hydrazine groups is 1. The Morgan fingerprint density at radius 3 is 2.93 bits per heavy atom. The Hall–Kier alpha value is -2.00. The first-order valence-electron chi connectivity index (χ1n) is 3.75. The molecule has 78 valence electrons. The van der Waals surface area contributed by atoms with Crippen molar-refractivity contribution in [3.8, 4) is 11.6 Å². The minimum atomic E-state index is -0.627. The molecule has 2 heterocycles. The average Bonchev–Trinajstić information content (AvgIpc) is 2.86. The highest BCUT2D eigenvalue weighted by Crippen LogP contribution is 2.25. The molecule has 0 bridgehead atoms. The Balaban J connectivity index is 2.32. The summed E-state index contributed by atoms with van der Waals surface area (Å²) in [6.45, 7) is 0. The first-order chi connectivity index (χ1) is 7.20. The molecule has 2 rings (SSSR count). The van der Waals surface area contributed by atoms with Gasteiger partial charge in [-0.25, -0.2) is 5.84 Å². The fourth-order valence-corrected chi connectivity index (χ4v) is 1.41. The second kappa shape index (κ2) is 3.63. The summed E-state index contributed by atoms with van der Waals surface area (Å²) in [6, 6.07) is 2.67. The lowest BCUT2D eigenvalue weighted by atomic mass is 10.4. The summed E-state index contributed by atoms with van der Waals surface area (Å²) in [5.41, 5.74) is 2.32. The summed E-state index contributed by atoms with van der Waals surface area (Å²) in [4.78, 5) is 13.6. The third-order valence-corrected chi connectivity index (χ3v) is 2.19. The number of nitrogens with zero attached hydrogens (tertiary/aromatic N) is 3. The van der Waals surface area contributed by atoms with Crippen molar-refractivity contribution in [1.29, 1.82) is 0 Å². The van der Waals surface area contributed by atoms with Gasteiger partial charge in [-0.15, -0.1) is 0 Å². The van der Waals surface area contributed by atoms with E-state index in [0.29, 0.717) is 5.13 Å². The first-order valence-corrected chi connectivity index (χ1v) is 4.53. The van der Waals surface area contributed by atoms with Crippen molar-refractivity contribution in [3.63, 3.8) is 0 Å². The Bertz CT molecular complexity index is 492. The standard InChI is InChI=1S/C6H5N5O3S/c7-9-6-8-5(10-15-6)3-1-2-4(14-3)11(12)13/h1-2H,7H2,(H,8,9,10). The predicted octanol–water partition coefficient (Wildman–Crippen LogP) is 0.992. The van der Waals surface area contributed by atoms with E-state index in [-0.39, 0.29) is 17.5 Å². The smallest absolute Gasteiger partial charge is 0.397 e. The molecular weight excluding hydrogens is 222 g/mol. The van der Waals surface area contributed by atoms with Crippen LogP contribution in [0.5, 0.6) is 0 Å². The molecule has 0 aliphatic rings. The molecule has 15 heavy (non-hydrogen) atoms. The predicted molar refractivity (Wildman–Crippen MR) is 52.1 cm³/mol. The van der Waals surface area contributed by atoms with Crippen molar-refractivity contribution >= 4 is 22.5 Å². The molecule has 0 radical (unpaired) electrons. The molecule has 0 saturated heterocycles. The molecule has 8 nitrogen and oxygen atoms in total. The summed E-state index contributed by atoms with van der Waals surface area (Å²) in [5.74, 6) is 5.27. The molecule has 0 unspecified atom stereocenters. The number of aromatic nitrogens is 2. The Kier molecular flexibility index (Phi) is 2.31. The number of nitrogens with one attached hydrogen (secondary N) is 1. The van der Waals surface area contributed by atoms with Crippen LogP contribution in [0.25, 0.3) is 11.6 Å². The third-order valence-electron chi connectivity index (χ3n) is 1.54. The lowest BCUT2D eigenvalue weighted by molar-refractivity contribution is -0.401. The molecule has 0 amide bonds. The third kappa shape index (κ3) is 1.78. The average molecular weight is 227 g/mol. The van der Waals surface area contributed by atoms with Gasteiger partial charge in [0.15, 0.2) is 5.76 Å². The van der Waals surface area contributed by atoms with Gasteiger partial charge in [-0.3, -0.25) is 15.5 Å². The van der Waals surface area contributed by atoms with Crippen LogP contribution < -0.4 is 11.3 Å². The fourth-order valence-electron chi connectivity index (χ4n) is 0.928. The molecule has 0 atom stereocenters. The van der Waals surface area contributed by atoms with E-state index in [2.05, 4.69) is 14.8 Å². The van der Waals surface area contributed by atoms with Crippen molar-refractivity contribution in [2.45, 2.75) is 0 Å². The van der Waals surface area contributed by atoms with Crippen LogP contribution in [0.15, 0.2) is 16.5 Å². The Morgan fingerprint density at radius 2 is 2.40 bits per heavy atom. The Labute approximate surface area is 87.0 Å². The largest absolute Gasteiger partial charge is 0.433 e. The second-order valence-corrected chi connectivity index (χ2v) is 3.21. The molecule has 0 aliphatic heterocycles. The number of nitrogens with two attached hydrogens (primary N) is 1. The van der Waals surface area contributed by atoms with Crippen LogP contribution in [0.3, 0.4) is 0 Å². The van der Waals surface area contributed by atoms with E-state index < -0.39 is 4.92 Å². The molecule has 2 aromatic heterocycles. The first kappa shape index (κ1) is 9.55. The van der Waals surface area contributed by atoms with Gasteiger partial charge in [0.25, 0.3) is 0 Å². The van der Waals surface area contributed by atoms with E-state index in [1.165, 1.54) is 12.1 Å². The normalized spacial score (nSPS) is 10.2. The summed E-state index contributed by atoms with van der Waals surface area (Å²) in [7, 11) is 0. The minimum absolute atomic E-state index is 0.236. The van der Waals surface area contributed by atoms with E-state index in [0.717, 1.165) is 11.5 Å². The van der Waals surface area contributed by atoms with Crippen molar-refractivity contribution < 1.29 is 9.34 Å². The van der Waals surface area contributed by atoms with Crippen LogP contribution in [-0.2, 0) is 0 Å². The molecule has 0 fully saturated rings. The molecule has 0 aliphatic carbocycles. The summed E-state index contributed by atoms with van der Waals surface area (Å²) in [5, 5.41) is 10.8. The number of anilines is 1. The van der Waals surface area contributed by atoms with E-state index in [4.69, 9.17) is 10.3 Å². The fraction of sp³-hybridized carbons (Fsp3) is 0. The van der Waals surface area contributed by atoms with E-state index >= 15 is 0 Å². The van der Waals surface area contributed by atoms with E-state index in [1.54, 1.807) is 0 Å². The molecular formula is C6H5N5O3S. The van der Waals surface area contributed by atoms with Crippen molar-refractivity contribution in [2.24, 2.45) is 5.84 Å². The highest BCUT2D eigenvalue weighted by molar-refractivity contribution is 7.09. The van der Waals surface area contributed by atoms with E-state index in [1.807, 2.05) is 0 Å². The lowest BCUT2D eigenvalue weighted by Gasteiger charge is -1.87. The van der Waals surface area contributed by atoms with Gasteiger partial charge in [0.05, 0.1) is 6.07 Å². The molecule has 0 saturated carbocycles. The molecule has 0 spiro atoms. The maximum Gasteiger partial charge on any atom is 0.433 e.